The molecule has 0 radical (unpaired) electrons. The van der Waals surface area contributed by atoms with Crippen LogP contribution in [0.4, 0.5) is 4.79 Å². The van der Waals surface area contributed by atoms with Crippen LogP contribution in [-0.4, -0.2) is 48.4 Å². The fourth-order valence-electron chi connectivity index (χ4n) is 4.09. The molecule has 1 spiro atoms. The summed E-state index contributed by atoms with van der Waals surface area (Å²) in [7, 11) is 0. The SMILES string of the molecule is CC(=O)O[C@@H]1C[C@H]2CC3(C[C@H]2[C@H]1OC(=O)O)OCC(C)(C)CO3. The van der Waals surface area contributed by atoms with Crippen LogP contribution in [0, 0.1) is 17.3 Å². The van der Waals surface area contributed by atoms with Gasteiger partial charge in [-0.05, 0) is 12.3 Å². The fraction of sp³-hybridized carbons (Fsp3) is 0.875. The van der Waals surface area contributed by atoms with Gasteiger partial charge in [-0.25, -0.2) is 4.79 Å². The van der Waals surface area contributed by atoms with E-state index in [1.54, 1.807) is 0 Å². The van der Waals surface area contributed by atoms with Gasteiger partial charge >= 0.3 is 12.1 Å². The third-order valence-corrected chi connectivity index (χ3v) is 5.06. The summed E-state index contributed by atoms with van der Waals surface area (Å²) in [6.07, 6.45) is -0.673. The number of rotatable bonds is 2. The molecule has 1 saturated heterocycles. The summed E-state index contributed by atoms with van der Waals surface area (Å²) in [4.78, 5) is 22.2. The molecule has 130 valence electrons. The fourth-order valence-corrected chi connectivity index (χ4v) is 4.09. The van der Waals surface area contributed by atoms with Crippen molar-refractivity contribution >= 4 is 12.1 Å². The predicted molar refractivity (Wildman–Crippen MR) is 77.7 cm³/mol. The Balaban J connectivity index is 1.71. The molecule has 0 amide bonds. The average molecular weight is 328 g/mol. The highest BCUT2D eigenvalue weighted by Gasteiger charge is 2.59. The summed E-state index contributed by atoms with van der Waals surface area (Å²) in [6.45, 7) is 6.73. The maximum absolute atomic E-state index is 11.2. The summed E-state index contributed by atoms with van der Waals surface area (Å²) in [5.74, 6) is -0.941. The molecule has 1 heterocycles. The Kier molecular flexibility index (Phi) is 4.04. The largest absolute Gasteiger partial charge is 0.506 e. The van der Waals surface area contributed by atoms with Crippen molar-refractivity contribution < 1.29 is 33.6 Å². The van der Waals surface area contributed by atoms with Gasteiger partial charge < -0.3 is 24.1 Å². The minimum Gasteiger partial charge on any atom is -0.459 e. The Hall–Kier alpha value is -1.34. The van der Waals surface area contributed by atoms with Crippen molar-refractivity contribution in [1.82, 2.24) is 0 Å². The lowest BCUT2D eigenvalue weighted by Gasteiger charge is -2.42. The van der Waals surface area contributed by atoms with Gasteiger partial charge in [0.1, 0.15) is 12.2 Å². The van der Waals surface area contributed by atoms with Crippen molar-refractivity contribution in [2.24, 2.45) is 17.3 Å². The first kappa shape index (κ1) is 16.5. The van der Waals surface area contributed by atoms with Crippen LogP contribution < -0.4 is 0 Å². The number of hydrogen-bond donors (Lipinski definition) is 1. The van der Waals surface area contributed by atoms with Crippen molar-refractivity contribution in [2.75, 3.05) is 13.2 Å². The van der Waals surface area contributed by atoms with E-state index in [1.807, 2.05) is 0 Å². The number of hydrogen-bond acceptors (Lipinski definition) is 6. The zero-order valence-corrected chi connectivity index (χ0v) is 13.7. The quantitative estimate of drug-likeness (QED) is 0.777. The van der Waals surface area contributed by atoms with Crippen LogP contribution in [0.25, 0.3) is 0 Å². The molecule has 1 aliphatic heterocycles. The molecule has 2 saturated carbocycles. The standard InChI is InChI=1S/C16H24O7/c1-9(17)22-12-4-10-5-16(20-7-15(2,3)8-21-16)6-11(10)13(12)23-14(18)19/h10-13H,4-8H2,1-3H3,(H,18,19)/t10-,11+,12+,13+/m0/s1. The number of carboxylic acid groups (broad SMARTS) is 1. The number of ether oxygens (including phenoxy) is 4. The molecule has 3 rings (SSSR count). The first-order valence-electron chi connectivity index (χ1n) is 8.04. The van der Waals surface area contributed by atoms with E-state index in [2.05, 4.69) is 13.8 Å². The van der Waals surface area contributed by atoms with Gasteiger partial charge in [0.15, 0.2) is 5.79 Å². The molecule has 0 aromatic carbocycles. The van der Waals surface area contributed by atoms with Gasteiger partial charge in [-0.1, -0.05) is 13.8 Å². The molecular weight excluding hydrogens is 304 g/mol. The molecule has 1 N–H and O–H groups in total. The van der Waals surface area contributed by atoms with Crippen LogP contribution >= 0.6 is 0 Å². The van der Waals surface area contributed by atoms with Crippen LogP contribution in [-0.2, 0) is 23.7 Å². The summed E-state index contributed by atoms with van der Waals surface area (Å²) in [5, 5.41) is 8.99. The van der Waals surface area contributed by atoms with E-state index in [-0.39, 0.29) is 17.3 Å². The summed E-state index contributed by atoms with van der Waals surface area (Å²) >= 11 is 0. The third-order valence-electron chi connectivity index (χ3n) is 5.06. The van der Waals surface area contributed by atoms with Gasteiger partial charge in [-0.2, -0.15) is 0 Å². The maximum Gasteiger partial charge on any atom is 0.506 e. The van der Waals surface area contributed by atoms with Crippen LogP contribution in [0.3, 0.4) is 0 Å². The molecule has 3 fully saturated rings. The van der Waals surface area contributed by atoms with Gasteiger partial charge in [0.05, 0.1) is 13.2 Å². The summed E-state index contributed by atoms with van der Waals surface area (Å²) in [6, 6.07) is 0. The smallest absolute Gasteiger partial charge is 0.459 e. The van der Waals surface area contributed by atoms with Crippen LogP contribution in [0.1, 0.15) is 40.0 Å². The predicted octanol–water partition coefficient (Wildman–Crippen LogP) is 2.18. The third kappa shape index (κ3) is 3.30. The van der Waals surface area contributed by atoms with Crippen LogP contribution in [0.2, 0.25) is 0 Å². The maximum atomic E-state index is 11.2. The number of carbonyl (C=O) groups is 2. The van der Waals surface area contributed by atoms with Crippen molar-refractivity contribution in [2.45, 2.75) is 58.0 Å². The Morgan fingerprint density at radius 2 is 1.78 bits per heavy atom. The molecule has 2 aliphatic carbocycles. The first-order valence-corrected chi connectivity index (χ1v) is 8.04. The van der Waals surface area contributed by atoms with Crippen LogP contribution in [0.15, 0.2) is 0 Å². The molecule has 7 nitrogen and oxygen atoms in total. The minimum absolute atomic E-state index is 0.0137. The molecular formula is C16H24O7. The zero-order valence-electron chi connectivity index (χ0n) is 13.7. The molecule has 7 heteroatoms. The topological polar surface area (TPSA) is 91.3 Å². The molecule has 4 atom stereocenters. The Bertz CT molecular complexity index is 491. The van der Waals surface area contributed by atoms with Crippen molar-refractivity contribution in [3.63, 3.8) is 0 Å². The molecule has 0 aromatic rings. The first-order chi connectivity index (χ1) is 10.7. The molecule has 0 unspecified atom stereocenters. The second-order valence-corrected chi connectivity index (χ2v) is 7.72. The Morgan fingerprint density at radius 3 is 2.35 bits per heavy atom. The van der Waals surface area contributed by atoms with Crippen molar-refractivity contribution in [1.29, 1.82) is 0 Å². The normalized spacial score (nSPS) is 37.3. The van der Waals surface area contributed by atoms with E-state index in [0.717, 1.165) is 0 Å². The Morgan fingerprint density at radius 1 is 1.13 bits per heavy atom. The van der Waals surface area contributed by atoms with Crippen molar-refractivity contribution in [3.8, 4) is 0 Å². The lowest BCUT2D eigenvalue weighted by atomic mass is 9.94. The highest BCUT2D eigenvalue weighted by atomic mass is 16.7. The minimum atomic E-state index is -1.35. The Labute approximate surface area is 135 Å². The van der Waals surface area contributed by atoms with Crippen LogP contribution in [0.5, 0.6) is 0 Å². The van der Waals surface area contributed by atoms with E-state index in [9.17, 15) is 9.59 Å². The van der Waals surface area contributed by atoms with Gasteiger partial charge in [-0.15, -0.1) is 0 Å². The van der Waals surface area contributed by atoms with Gasteiger partial charge in [-0.3, -0.25) is 4.79 Å². The number of carbonyl (C=O) groups excluding carboxylic acids is 1. The molecule has 3 aliphatic rings. The number of fused-ring (bicyclic) bond motifs is 1. The second-order valence-electron chi connectivity index (χ2n) is 7.72. The summed E-state index contributed by atoms with van der Waals surface area (Å²) in [5.41, 5.74) is -0.0137. The number of esters is 1. The van der Waals surface area contributed by atoms with E-state index >= 15 is 0 Å². The highest BCUT2D eigenvalue weighted by Crippen LogP contribution is 2.54. The molecule has 0 bridgehead atoms. The van der Waals surface area contributed by atoms with E-state index in [0.29, 0.717) is 32.5 Å². The van der Waals surface area contributed by atoms with Gasteiger partial charge in [0.25, 0.3) is 0 Å². The van der Waals surface area contributed by atoms with E-state index < -0.39 is 30.1 Å². The summed E-state index contributed by atoms with van der Waals surface area (Å²) < 4.78 is 22.3. The average Bonchev–Trinajstić information content (AvgIpc) is 2.90. The lowest BCUT2D eigenvalue weighted by molar-refractivity contribution is -0.298. The van der Waals surface area contributed by atoms with Gasteiger partial charge in [0.2, 0.25) is 0 Å². The lowest BCUT2D eigenvalue weighted by Crippen LogP contribution is -2.47. The van der Waals surface area contributed by atoms with Crippen molar-refractivity contribution in [3.05, 3.63) is 0 Å². The molecule has 23 heavy (non-hydrogen) atoms. The highest BCUT2D eigenvalue weighted by molar-refractivity contribution is 5.66. The van der Waals surface area contributed by atoms with Gasteiger partial charge in [0, 0.05) is 31.1 Å². The second kappa shape index (κ2) is 5.63. The molecule has 0 aromatic heterocycles. The van der Waals surface area contributed by atoms with E-state index in [4.69, 9.17) is 24.1 Å². The van der Waals surface area contributed by atoms with E-state index in [1.165, 1.54) is 6.92 Å². The zero-order chi connectivity index (χ0) is 16.8. The monoisotopic (exact) mass is 328 g/mol.